The number of aryl methyl sites for hydroxylation is 3. The summed E-state index contributed by atoms with van der Waals surface area (Å²) in [4.78, 5) is 0.147. The molecule has 5 rings (SSSR count). The Hall–Kier alpha value is -2.61. The van der Waals surface area contributed by atoms with Crippen LogP contribution in [0.4, 0.5) is 0 Å². The highest BCUT2D eigenvalue weighted by atomic mass is 32.2. The molecule has 1 heterocycles. The first-order valence-electron chi connectivity index (χ1n) is 13.2. The van der Waals surface area contributed by atoms with E-state index in [1.807, 2.05) is 20.8 Å². The lowest BCUT2D eigenvalue weighted by Gasteiger charge is -2.40. The van der Waals surface area contributed by atoms with Crippen molar-refractivity contribution in [3.8, 4) is 0 Å². The molecule has 1 saturated carbocycles. The topological polar surface area (TPSA) is 124 Å². The minimum atomic E-state index is -4.16. The van der Waals surface area contributed by atoms with Gasteiger partial charge in [0, 0.05) is 18.0 Å². The zero-order valence-electron chi connectivity index (χ0n) is 23.1. The fourth-order valence-electron chi connectivity index (χ4n) is 5.62. The van der Waals surface area contributed by atoms with Crippen LogP contribution in [0.15, 0.2) is 87.5 Å². The van der Waals surface area contributed by atoms with Crippen LogP contribution in [0.3, 0.4) is 0 Å². The van der Waals surface area contributed by atoms with Crippen molar-refractivity contribution in [3.63, 3.8) is 0 Å². The summed E-state index contributed by atoms with van der Waals surface area (Å²) in [7, 11) is -12.1. The second-order valence-corrected chi connectivity index (χ2v) is 16.2. The van der Waals surface area contributed by atoms with Crippen molar-refractivity contribution in [1.29, 1.82) is 0 Å². The van der Waals surface area contributed by atoms with Gasteiger partial charge < -0.3 is 0 Å². The molecule has 1 saturated heterocycles. The van der Waals surface area contributed by atoms with Crippen LogP contribution in [0.25, 0.3) is 0 Å². The average molecular weight is 620 g/mol. The molecule has 2 aliphatic rings. The molecule has 0 N–H and O–H groups in total. The maximum Gasteiger partial charge on any atom is 0.296 e. The molecular formula is C29H33NO8S3. The molecule has 0 unspecified atom stereocenters. The van der Waals surface area contributed by atoms with Gasteiger partial charge in [-0.1, -0.05) is 53.1 Å². The van der Waals surface area contributed by atoms with E-state index in [2.05, 4.69) is 0 Å². The number of hydrogen-bond acceptors (Lipinski definition) is 8. The van der Waals surface area contributed by atoms with E-state index in [9.17, 15) is 25.3 Å². The first kappa shape index (κ1) is 29.9. The number of nitrogens with zero attached hydrogens (tertiary/aromatic N) is 1. The van der Waals surface area contributed by atoms with E-state index in [1.54, 1.807) is 48.5 Å². The number of piperidine rings is 1. The van der Waals surface area contributed by atoms with Gasteiger partial charge in [0.2, 0.25) is 10.0 Å². The third kappa shape index (κ3) is 5.99. The van der Waals surface area contributed by atoms with Gasteiger partial charge in [0.15, 0.2) is 0 Å². The Morgan fingerprint density at radius 3 is 1.41 bits per heavy atom. The van der Waals surface area contributed by atoms with Gasteiger partial charge in [0.1, 0.15) is 0 Å². The van der Waals surface area contributed by atoms with Crippen molar-refractivity contribution >= 4 is 30.3 Å². The van der Waals surface area contributed by atoms with Crippen molar-refractivity contribution in [2.75, 3.05) is 19.8 Å². The number of fused-ring (bicyclic) bond motifs is 2. The van der Waals surface area contributed by atoms with Crippen LogP contribution in [-0.4, -0.2) is 55.4 Å². The van der Waals surface area contributed by atoms with E-state index >= 15 is 0 Å². The summed E-state index contributed by atoms with van der Waals surface area (Å²) in [5.41, 5.74) is 1.67. The number of sulfonamides is 1. The number of hydrogen-bond donors (Lipinski definition) is 0. The largest absolute Gasteiger partial charge is 0.296 e. The van der Waals surface area contributed by atoms with Crippen molar-refractivity contribution in [2.45, 2.75) is 54.3 Å². The van der Waals surface area contributed by atoms with E-state index < -0.39 is 41.7 Å². The van der Waals surface area contributed by atoms with Crippen LogP contribution in [-0.2, 0) is 38.6 Å². The van der Waals surface area contributed by atoms with E-state index in [0.29, 0.717) is 6.42 Å². The van der Waals surface area contributed by atoms with E-state index in [1.165, 1.54) is 28.6 Å². The van der Waals surface area contributed by atoms with Gasteiger partial charge in [-0.15, -0.1) is 0 Å². The molecule has 3 aromatic rings. The summed E-state index contributed by atoms with van der Waals surface area (Å²) < 4.78 is 91.7. The zero-order chi connectivity index (χ0) is 29.6. The summed E-state index contributed by atoms with van der Waals surface area (Å²) in [5.74, 6) is -0.380. The van der Waals surface area contributed by atoms with Gasteiger partial charge in [0.05, 0.1) is 27.9 Å². The summed E-state index contributed by atoms with van der Waals surface area (Å²) in [6.07, 6.45) is 0.628. The van der Waals surface area contributed by atoms with Gasteiger partial charge in [-0.2, -0.15) is 21.1 Å². The molecule has 12 heteroatoms. The normalized spacial score (nSPS) is 20.9. The minimum absolute atomic E-state index is 0.0156. The lowest BCUT2D eigenvalue weighted by atomic mass is 9.78. The first-order chi connectivity index (χ1) is 19.2. The molecule has 0 spiro atoms. The molecule has 2 bridgehead atoms. The molecule has 9 nitrogen and oxygen atoms in total. The van der Waals surface area contributed by atoms with Gasteiger partial charge in [-0.3, -0.25) is 8.37 Å². The van der Waals surface area contributed by atoms with Crippen LogP contribution < -0.4 is 0 Å². The average Bonchev–Trinajstić information content (AvgIpc) is 3.51. The molecule has 1 aliphatic heterocycles. The molecule has 220 valence electrons. The highest BCUT2D eigenvalue weighted by Crippen LogP contribution is 2.53. The van der Waals surface area contributed by atoms with Gasteiger partial charge in [0.25, 0.3) is 20.2 Å². The maximum atomic E-state index is 13.5. The molecule has 0 radical (unpaired) electrons. The van der Waals surface area contributed by atoms with Crippen molar-refractivity contribution in [1.82, 2.24) is 4.31 Å². The minimum Gasteiger partial charge on any atom is -0.266 e. The Labute approximate surface area is 242 Å². The summed E-state index contributed by atoms with van der Waals surface area (Å²) in [6, 6.07) is 18.6. The predicted octanol–water partition coefficient (Wildman–Crippen LogP) is 4.19. The smallest absolute Gasteiger partial charge is 0.266 e. The van der Waals surface area contributed by atoms with E-state index in [-0.39, 0.29) is 46.8 Å². The first-order valence-corrected chi connectivity index (χ1v) is 17.5. The quantitative estimate of drug-likeness (QED) is 0.310. The maximum absolute atomic E-state index is 13.5. The molecule has 2 fully saturated rings. The van der Waals surface area contributed by atoms with Gasteiger partial charge in [-0.25, -0.2) is 8.42 Å². The Kier molecular flexibility index (Phi) is 7.94. The monoisotopic (exact) mass is 619 g/mol. The Balaban J connectivity index is 1.41. The Bertz CT molecular complexity index is 1650. The highest BCUT2D eigenvalue weighted by molar-refractivity contribution is 7.89. The van der Waals surface area contributed by atoms with Crippen LogP contribution >= 0.6 is 0 Å². The highest BCUT2D eigenvalue weighted by Gasteiger charge is 2.58. The third-order valence-electron chi connectivity index (χ3n) is 8.12. The van der Waals surface area contributed by atoms with Crippen molar-refractivity contribution < 1.29 is 33.6 Å². The van der Waals surface area contributed by atoms with Crippen LogP contribution in [0.2, 0.25) is 0 Å². The molecule has 41 heavy (non-hydrogen) atoms. The molecule has 3 aromatic carbocycles. The molecule has 0 aromatic heterocycles. The summed E-state index contributed by atoms with van der Waals surface area (Å²) >= 11 is 0. The van der Waals surface area contributed by atoms with E-state index in [4.69, 9.17) is 8.37 Å². The van der Waals surface area contributed by atoms with Crippen LogP contribution in [0.5, 0.6) is 0 Å². The van der Waals surface area contributed by atoms with Crippen molar-refractivity contribution in [3.05, 3.63) is 89.5 Å². The summed E-state index contributed by atoms with van der Waals surface area (Å²) in [5, 5.41) is 0. The Morgan fingerprint density at radius 2 is 1.05 bits per heavy atom. The standard InChI is InChI=1S/C29H33NO8S3/c1-21-4-10-26(11-5-21)39(31,32)30-18-24-16-25(30)17-29(24,19-37-40(33,34)27-12-6-22(2)7-13-27)20-38-41(35,36)28-14-8-23(3)9-15-28/h4-15,24-25H,16-20H2,1-3H3/t24-,25-/m1/s1. The lowest BCUT2D eigenvalue weighted by molar-refractivity contribution is 0.0255. The fourth-order valence-corrected chi connectivity index (χ4v) is 9.29. The van der Waals surface area contributed by atoms with Gasteiger partial charge >= 0.3 is 0 Å². The van der Waals surface area contributed by atoms with Crippen molar-refractivity contribution in [2.24, 2.45) is 11.3 Å². The Morgan fingerprint density at radius 1 is 0.659 bits per heavy atom. The zero-order valence-corrected chi connectivity index (χ0v) is 25.5. The van der Waals surface area contributed by atoms with Crippen LogP contribution in [0.1, 0.15) is 29.5 Å². The third-order valence-corrected chi connectivity index (χ3v) is 12.6. The molecule has 1 aliphatic carbocycles. The van der Waals surface area contributed by atoms with E-state index in [0.717, 1.165) is 16.7 Å². The second-order valence-electron chi connectivity index (χ2n) is 11.1. The SMILES string of the molecule is Cc1ccc(S(=O)(=O)OCC2(COS(=O)(=O)c3ccc(C)cc3)C[C@H]3C[C@@H]2CN3S(=O)(=O)c2ccc(C)cc2)cc1. The van der Waals surface area contributed by atoms with Gasteiger partial charge in [-0.05, 0) is 75.9 Å². The van der Waals surface area contributed by atoms with Crippen LogP contribution in [0, 0.1) is 32.1 Å². The summed E-state index contributed by atoms with van der Waals surface area (Å²) in [6.45, 7) is 4.96. The number of rotatable bonds is 10. The predicted molar refractivity (Wildman–Crippen MR) is 153 cm³/mol. The molecular weight excluding hydrogens is 587 g/mol. The molecule has 0 amide bonds. The molecule has 2 atom stereocenters. The second kappa shape index (κ2) is 10.9. The lowest BCUT2D eigenvalue weighted by Crippen LogP contribution is -2.48. The number of benzene rings is 3. The fraction of sp³-hybridized carbons (Fsp3) is 0.379.